The van der Waals surface area contributed by atoms with Gasteiger partial charge in [-0.15, -0.1) is 0 Å². The summed E-state index contributed by atoms with van der Waals surface area (Å²) in [6.45, 7) is 2.30. The molecule has 0 atom stereocenters. The largest absolute Gasteiger partial charge is 0.335 e. The van der Waals surface area contributed by atoms with E-state index in [4.69, 9.17) is 5.10 Å². The molecule has 31 heavy (non-hydrogen) atoms. The molecule has 0 bridgehead atoms. The number of aromatic nitrogens is 2. The van der Waals surface area contributed by atoms with Crippen LogP contribution < -0.4 is 0 Å². The van der Waals surface area contributed by atoms with Gasteiger partial charge in [0.25, 0.3) is 0 Å². The van der Waals surface area contributed by atoms with Crippen LogP contribution in [0.4, 0.5) is 4.79 Å². The monoisotopic (exact) mass is 417 g/mol. The van der Waals surface area contributed by atoms with E-state index < -0.39 is 17.8 Å². The van der Waals surface area contributed by atoms with Gasteiger partial charge in [0.1, 0.15) is 0 Å². The van der Waals surface area contributed by atoms with Crippen molar-refractivity contribution >= 4 is 17.8 Å². The lowest BCUT2D eigenvalue weighted by Crippen LogP contribution is -2.40. The predicted molar refractivity (Wildman–Crippen MR) is 115 cm³/mol. The summed E-state index contributed by atoms with van der Waals surface area (Å²) in [5, 5.41) is 4.78. The Morgan fingerprint density at radius 3 is 2.10 bits per heavy atom. The van der Waals surface area contributed by atoms with Gasteiger partial charge in [-0.1, -0.05) is 48.5 Å². The maximum absolute atomic E-state index is 12.4. The Hall–Kier alpha value is -3.78. The number of carbonyl (C=O) groups excluding carboxylic acids is 3. The summed E-state index contributed by atoms with van der Waals surface area (Å²) in [5.74, 6) is -1.57. The lowest BCUT2D eigenvalue weighted by atomic mass is 10.1. The molecule has 1 fully saturated rings. The second-order valence-electron chi connectivity index (χ2n) is 7.37. The maximum Gasteiger partial charge on any atom is 0.335 e. The van der Waals surface area contributed by atoms with Crippen LogP contribution in [0.5, 0.6) is 0 Å². The molecule has 0 aliphatic carbocycles. The second-order valence-corrected chi connectivity index (χ2v) is 7.37. The first-order valence-corrected chi connectivity index (χ1v) is 10.0. The lowest BCUT2D eigenvalue weighted by molar-refractivity contribution is -0.143. The van der Waals surface area contributed by atoms with Gasteiger partial charge in [0.15, 0.2) is 0 Å². The highest BCUT2D eigenvalue weighted by Gasteiger charge is 2.43. The van der Waals surface area contributed by atoms with Crippen molar-refractivity contribution in [1.29, 1.82) is 0 Å². The van der Waals surface area contributed by atoms with E-state index in [9.17, 15) is 14.4 Å². The van der Waals surface area contributed by atoms with Crippen LogP contribution in [0.25, 0.3) is 16.9 Å². The number of carbonyl (C=O) groups is 3. The minimum absolute atomic E-state index is 0.0185. The molecule has 4 amide bonds. The topological polar surface area (TPSA) is 78.8 Å². The fraction of sp³-hybridized carbons (Fsp3) is 0.217. The molecule has 2 heterocycles. The Balaban J connectivity index is 1.60. The summed E-state index contributed by atoms with van der Waals surface area (Å²) in [6.07, 6.45) is 1.95. The van der Waals surface area contributed by atoms with Crippen LogP contribution in [-0.4, -0.2) is 62.6 Å². The van der Waals surface area contributed by atoms with E-state index in [1.807, 2.05) is 76.4 Å². The number of para-hydroxylation sites is 1. The van der Waals surface area contributed by atoms with E-state index in [-0.39, 0.29) is 13.2 Å². The van der Waals surface area contributed by atoms with E-state index in [2.05, 4.69) is 0 Å². The summed E-state index contributed by atoms with van der Waals surface area (Å²) in [6, 6.07) is 19.1. The summed E-state index contributed by atoms with van der Waals surface area (Å²) < 4.78 is 1.82. The molecule has 1 aliphatic rings. The zero-order valence-electron chi connectivity index (χ0n) is 17.4. The van der Waals surface area contributed by atoms with Gasteiger partial charge in [0.05, 0.1) is 18.1 Å². The third-order valence-corrected chi connectivity index (χ3v) is 5.13. The Morgan fingerprint density at radius 1 is 0.871 bits per heavy atom. The molecule has 0 N–H and O–H groups in total. The van der Waals surface area contributed by atoms with Gasteiger partial charge >= 0.3 is 17.8 Å². The van der Waals surface area contributed by atoms with Crippen molar-refractivity contribution in [2.75, 3.05) is 20.3 Å². The van der Waals surface area contributed by atoms with Crippen molar-refractivity contribution in [2.45, 2.75) is 13.5 Å². The van der Waals surface area contributed by atoms with Crippen molar-refractivity contribution in [3.63, 3.8) is 0 Å². The van der Waals surface area contributed by atoms with Crippen LogP contribution in [0.3, 0.4) is 0 Å². The smallest absolute Gasteiger partial charge is 0.284 e. The first-order chi connectivity index (χ1) is 15.0. The summed E-state index contributed by atoms with van der Waals surface area (Å²) in [7, 11) is 1.80. The Kier molecular flexibility index (Phi) is 5.64. The van der Waals surface area contributed by atoms with Gasteiger partial charge in [-0.3, -0.25) is 19.4 Å². The van der Waals surface area contributed by atoms with E-state index in [1.165, 1.54) is 0 Å². The first-order valence-electron chi connectivity index (χ1n) is 10.0. The fourth-order valence-corrected chi connectivity index (χ4v) is 3.61. The van der Waals surface area contributed by atoms with Crippen molar-refractivity contribution in [1.82, 2.24) is 24.5 Å². The van der Waals surface area contributed by atoms with Gasteiger partial charge in [-0.05, 0) is 26.1 Å². The minimum Gasteiger partial charge on any atom is -0.284 e. The quantitative estimate of drug-likeness (QED) is 0.436. The zero-order chi connectivity index (χ0) is 22.0. The van der Waals surface area contributed by atoms with Crippen molar-refractivity contribution in [2.24, 2.45) is 0 Å². The highest BCUT2D eigenvalue weighted by molar-refractivity contribution is 6.44. The number of urea groups is 1. The summed E-state index contributed by atoms with van der Waals surface area (Å²) in [5.41, 5.74) is 3.67. The van der Waals surface area contributed by atoms with Crippen LogP contribution >= 0.6 is 0 Å². The third-order valence-electron chi connectivity index (χ3n) is 5.13. The number of likely N-dealkylation sites (N-methyl/N-ethyl adjacent to an activating group) is 1. The standard InChI is InChI=1S/C23H23N5O3/c1-3-26-21(29)22(30)27(23(26)31)16-25(2)14-18-15-28(19-12-8-5-9-13-19)24-20(18)17-10-6-4-7-11-17/h4-13,15H,3,14,16H2,1-2H3. The number of hydrogen-bond donors (Lipinski definition) is 0. The molecule has 3 aromatic rings. The van der Waals surface area contributed by atoms with Crippen LogP contribution in [0, 0.1) is 0 Å². The third kappa shape index (κ3) is 3.97. The molecule has 1 aliphatic heterocycles. The molecule has 0 saturated carbocycles. The van der Waals surface area contributed by atoms with E-state index >= 15 is 0 Å². The summed E-state index contributed by atoms with van der Waals surface area (Å²) in [4.78, 5) is 40.3. The first kappa shape index (κ1) is 20.5. The molecule has 0 radical (unpaired) electrons. The number of imide groups is 2. The Bertz CT molecular complexity index is 1110. The fourth-order valence-electron chi connectivity index (χ4n) is 3.61. The molecular weight excluding hydrogens is 394 g/mol. The molecule has 1 saturated heterocycles. The lowest BCUT2D eigenvalue weighted by Gasteiger charge is -2.22. The van der Waals surface area contributed by atoms with Crippen LogP contribution in [0.15, 0.2) is 66.9 Å². The molecule has 4 rings (SSSR count). The molecule has 158 valence electrons. The second kappa shape index (κ2) is 8.53. The highest BCUT2D eigenvalue weighted by atomic mass is 16.2. The highest BCUT2D eigenvalue weighted by Crippen LogP contribution is 2.25. The van der Waals surface area contributed by atoms with Gasteiger partial charge in [0, 0.05) is 30.4 Å². The summed E-state index contributed by atoms with van der Waals surface area (Å²) >= 11 is 0. The molecular formula is C23H23N5O3. The average molecular weight is 417 g/mol. The van der Waals surface area contributed by atoms with Gasteiger partial charge < -0.3 is 0 Å². The maximum atomic E-state index is 12.4. The van der Waals surface area contributed by atoms with Gasteiger partial charge in [-0.25, -0.2) is 14.4 Å². The van der Waals surface area contributed by atoms with Crippen LogP contribution in [0.1, 0.15) is 12.5 Å². The van der Waals surface area contributed by atoms with Crippen molar-refractivity contribution < 1.29 is 14.4 Å². The van der Waals surface area contributed by atoms with Crippen LogP contribution in [-0.2, 0) is 16.1 Å². The number of rotatable bonds is 7. The zero-order valence-corrected chi connectivity index (χ0v) is 17.4. The average Bonchev–Trinajstić information content (AvgIpc) is 3.29. The number of benzene rings is 2. The van der Waals surface area contributed by atoms with Crippen molar-refractivity contribution in [3.8, 4) is 16.9 Å². The molecule has 1 aromatic heterocycles. The Morgan fingerprint density at radius 2 is 1.48 bits per heavy atom. The normalized spacial score (nSPS) is 14.2. The molecule has 2 aromatic carbocycles. The molecule has 0 spiro atoms. The van der Waals surface area contributed by atoms with Crippen molar-refractivity contribution in [3.05, 3.63) is 72.4 Å². The van der Waals surface area contributed by atoms with E-state index in [1.54, 1.807) is 14.0 Å². The van der Waals surface area contributed by atoms with Gasteiger partial charge in [0.2, 0.25) is 0 Å². The van der Waals surface area contributed by atoms with Gasteiger partial charge in [-0.2, -0.15) is 5.10 Å². The Labute approximate surface area is 180 Å². The van der Waals surface area contributed by atoms with E-state index in [0.29, 0.717) is 6.54 Å². The van der Waals surface area contributed by atoms with Crippen LogP contribution in [0.2, 0.25) is 0 Å². The number of nitrogens with zero attached hydrogens (tertiary/aromatic N) is 5. The molecule has 0 unspecified atom stereocenters. The number of hydrogen-bond acceptors (Lipinski definition) is 5. The SMILES string of the molecule is CCN1C(=O)C(=O)N(CN(C)Cc2cn(-c3ccccc3)nc2-c2ccccc2)C1=O. The van der Waals surface area contributed by atoms with E-state index in [0.717, 1.165) is 32.3 Å². The minimum atomic E-state index is -0.790. The number of amides is 4. The predicted octanol–water partition coefficient (Wildman–Crippen LogP) is 2.74. The molecule has 8 heteroatoms. The molecule has 8 nitrogen and oxygen atoms in total.